The zero-order valence-corrected chi connectivity index (χ0v) is 11.9. The highest BCUT2D eigenvalue weighted by molar-refractivity contribution is 7.13. The van der Waals surface area contributed by atoms with Crippen molar-refractivity contribution in [2.24, 2.45) is 0 Å². The predicted molar refractivity (Wildman–Crippen MR) is 78.4 cm³/mol. The van der Waals surface area contributed by atoms with Crippen molar-refractivity contribution in [1.82, 2.24) is 15.2 Å². The summed E-state index contributed by atoms with van der Waals surface area (Å²) in [7, 11) is 3.95. The topological polar surface area (TPSA) is 45.2 Å². The van der Waals surface area contributed by atoms with E-state index < -0.39 is 0 Å². The highest BCUT2D eigenvalue weighted by Gasteiger charge is 2.08. The molecular weight excluding hydrogens is 258 g/mol. The van der Waals surface area contributed by atoms with Crippen LogP contribution < -0.4 is 5.32 Å². The highest BCUT2D eigenvalue weighted by Crippen LogP contribution is 2.24. The normalized spacial score (nSPS) is 10.7. The third-order valence-electron chi connectivity index (χ3n) is 2.65. The molecule has 4 nitrogen and oxygen atoms in total. The Balaban J connectivity index is 2.04. The Labute approximate surface area is 117 Å². The van der Waals surface area contributed by atoms with Crippen LogP contribution in [0.25, 0.3) is 10.4 Å². The van der Waals surface area contributed by atoms with E-state index >= 15 is 0 Å². The molecule has 0 aromatic carbocycles. The molecule has 2 aromatic heterocycles. The van der Waals surface area contributed by atoms with Crippen LogP contribution >= 0.6 is 11.3 Å². The van der Waals surface area contributed by atoms with Crippen LogP contribution in [0.15, 0.2) is 36.0 Å². The van der Waals surface area contributed by atoms with Crippen molar-refractivity contribution in [3.63, 3.8) is 0 Å². The first kappa shape index (κ1) is 13.7. The van der Waals surface area contributed by atoms with Crippen LogP contribution in [0, 0.1) is 0 Å². The summed E-state index contributed by atoms with van der Waals surface area (Å²) in [6, 6.07) is 5.89. The van der Waals surface area contributed by atoms with Gasteiger partial charge in [0.1, 0.15) is 0 Å². The fraction of sp³-hybridized carbons (Fsp3) is 0.286. The van der Waals surface area contributed by atoms with Gasteiger partial charge in [0.25, 0.3) is 5.91 Å². The Kier molecular flexibility index (Phi) is 4.65. The fourth-order valence-corrected chi connectivity index (χ4v) is 2.35. The number of likely N-dealkylation sites (N-methyl/N-ethyl adjacent to an activating group) is 1. The number of carbonyl (C=O) groups excluding carboxylic acids is 1. The first-order valence-corrected chi connectivity index (χ1v) is 6.96. The van der Waals surface area contributed by atoms with Gasteiger partial charge in [0, 0.05) is 35.9 Å². The van der Waals surface area contributed by atoms with Crippen molar-refractivity contribution < 1.29 is 4.79 Å². The molecule has 0 aliphatic carbocycles. The molecule has 2 heterocycles. The number of rotatable bonds is 5. The molecule has 0 saturated heterocycles. The summed E-state index contributed by atoms with van der Waals surface area (Å²) < 4.78 is 0. The lowest BCUT2D eigenvalue weighted by atomic mass is 10.1. The van der Waals surface area contributed by atoms with Crippen LogP contribution in [0.4, 0.5) is 0 Å². The van der Waals surface area contributed by atoms with Crippen molar-refractivity contribution in [2.75, 3.05) is 27.2 Å². The van der Waals surface area contributed by atoms with Crippen LogP contribution in [0.3, 0.4) is 0 Å². The summed E-state index contributed by atoms with van der Waals surface area (Å²) >= 11 is 1.64. The zero-order valence-electron chi connectivity index (χ0n) is 11.1. The second kappa shape index (κ2) is 6.45. The van der Waals surface area contributed by atoms with E-state index in [1.807, 2.05) is 42.6 Å². The molecule has 19 heavy (non-hydrogen) atoms. The van der Waals surface area contributed by atoms with Gasteiger partial charge in [0.2, 0.25) is 0 Å². The number of amides is 1. The Morgan fingerprint density at radius 1 is 1.42 bits per heavy atom. The summed E-state index contributed by atoms with van der Waals surface area (Å²) in [4.78, 5) is 19.3. The molecule has 1 N–H and O–H groups in total. The zero-order chi connectivity index (χ0) is 13.7. The number of nitrogens with one attached hydrogen (secondary N) is 1. The fourth-order valence-electron chi connectivity index (χ4n) is 1.64. The first-order chi connectivity index (χ1) is 9.16. The van der Waals surface area contributed by atoms with Gasteiger partial charge in [-0.05, 0) is 31.6 Å². The Bertz CT molecular complexity index is 537. The van der Waals surface area contributed by atoms with Crippen molar-refractivity contribution in [1.29, 1.82) is 0 Å². The van der Waals surface area contributed by atoms with E-state index in [9.17, 15) is 4.79 Å². The van der Waals surface area contributed by atoms with Crippen LogP contribution in [-0.4, -0.2) is 43.0 Å². The monoisotopic (exact) mass is 275 g/mol. The minimum absolute atomic E-state index is 0.0762. The second-order valence-electron chi connectivity index (χ2n) is 4.50. The van der Waals surface area contributed by atoms with Gasteiger partial charge < -0.3 is 10.2 Å². The molecule has 0 unspecified atom stereocenters. The minimum atomic E-state index is -0.0762. The van der Waals surface area contributed by atoms with E-state index in [0.717, 1.165) is 17.0 Å². The van der Waals surface area contributed by atoms with Crippen molar-refractivity contribution in [3.8, 4) is 10.4 Å². The molecule has 0 fully saturated rings. The molecule has 2 rings (SSSR count). The number of carbonyl (C=O) groups is 1. The van der Waals surface area contributed by atoms with E-state index in [1.54, 1.807) is 23.7 Å². The van der Waals surface area contributed by atoms with Gasteiger partial charge in [-0.25, -0.2) is 0 Å². The Morgan fingerprint density at radius 2 is 2.26 bits per heavy atom. The van der Waals surface area contributed by atoms with Gasteiger partial charge in [-0.3, -0.25) is 9.78 Å². The molecule has 0 saturated carbocycles. The first-order valence-electron chi connectivity index (χ1n) is 6.08. The summed E-state index contributed by atoms with van der Waals surface area (Å²) in [6.45, 7) is 1.46. The predicted octanol–water partition coefficient (Wildman–Crippen LogP) is 2.10. The van der Waals surface area contributed by atoms with E-state index in [0.29, 0.717) is 12.1 Å². The van der Waals surface area contributed by atoms with E-state index in [2.05, 4.69) is 10.3 Å². The van der Waals surface area contributed by atoms with Gasteiger partial charge in [-0.15, -0.1) is 11.3 Å². The minimum Gasteiger partial charge on any atom is -0.351 e. The molecule has 0 atom stereocenters. The molecule has 2 aromatic rings. The molecule has 1 amide bonds. The van der Waals surface area contributed by atoms with Crippen molar-refractivity contribution in [3.05, 3.63) is 41.5 Å². The summed E-state index contributed by atoms with van der Waals surface area (Å²) in [6.07, 6.45) is 3.38. The maximum atomic E-state index is 12.0. The second-order valence-corrected chi connectivity index (χ2v) is 5.45. The van der Waals surface area contributed by atoms with Crippen LogP contribution in [0.2, 0.25) is 0 Å². The molecule has 5 heteroatoms. The van der Waals surface area contributed by atoms with Crippen LogP contribution in [0.5, 0.6) is 0 Å². The largest absolute Gasteiger partial charge is 0.351 e. The number of aromatic nitrogens is 1. The molecular formula is C14H17N3OS. The lowest BCUT2D eigenvalue weighted by Gasteiger charge is -2.10. The van der Waals surface area contributed by atoms with Gasteiger partial charge in [-0.2, -0.15) is 0 Å². The number of nitrogens with zero attached hydrogens (tertiary/aromatic N) is 2. The third kappa shape index (κ3) is 3.87. The number of hydrogen-bond donors (Lipinski definition) is 1. The van der Waals surface area contributed by atoms with Gasteiger partial charge in [0.15, 0.2) is 0 Å². The van der Waals surface area contributed by atoms with Gasteiger partial charge in [0.05, 0.1) is 5.56 Å². The summed E-state index contributed by atoms with van der Waals surface area (Å²) in [5.41, 5.74) is 1.58. The maximum Gasteiger partial charge on any atom is 0.252 e. The lowest BCUT2D eigenvalue weighted by molar-refractivity contribution is 0.0950. The molecule has 100 valence electrons. The molecule has 0 aliphatic rings. The Morgan fingerprint density at radius 3 is 2.95 bits per heavy atom. The van der Waals surface area contributed by atoms with E-state index in [4.69, 9.17) is 0 Å². The number of thiophene rings is 1. The van der Waals surface area contributed by atoms with Crippen LogP contribution in [-0.2, 0) is 0 Å². The average Bonchev–Trinajstić information content (AvgIpc) is 2.92. The third-order valence-corrected chi connectivity index (χ3v) is 3.57. The Hall–Kier alpha value is -1.72. The standard InChI is InChI=1S/C14H17N3OS/c1-17(2)6-5-16-14(18)12-8-11(9-15-10-12)13-4-3-7-19-13/h3-4,7-10H,5-6H2,1-2H3,(H,16,18). The van der Waals surface area contributed by atoms with Crippen LogP contribution in [0.1, 0.15) is 10.4 Å². The van der Waals surface area contributed by atoms with Gasteiger partial charge >= 0.3 is 0 Å². The molecule has 0 spiro atoms. The van der Waals surface area contributed by atoms with E-state index in [1.165, 1.54) is 0 Å². The average molecular weight is 275 g/mol. The maximum absolute atomic E-state index is 12.0. The molecule has 0 aliphatic heterocycles. The van der Waals surface area contributed by atoms with Crippen molar-refractivity contribution in [2.45, 2.75) is 0 Å². The van der Waals surface area contributed by atoms with Crippen molar-refractivity contribution >= 4 is 17.2 Å². The quantitative estimate of drug-likeness (QED) is 0.909. The summed E-state index contributed by atoms with van der Waals surface area (Å²) in [5, 5.41) is 4.90. The molecule has 0 bridgehead atoms. The highest BCUT2D eigenvalue weighted by atomic mass is 32.1. The number of hydrogen-bond acceptors (Lipinski definition) is 4. The number of pyridine rings is 1. The smallest absolute Gasteiger partial charge is 0.252 e. The SMILES string of the molecule is CN(C)CCNC(=O)c1cncc(-c2cccs2)c1. The molecule has 0 radical (unpaired) electrons. The van der Waals surface area contributed by atoms with Gasteiger partial charge in [-0.1, -0.05) is 6.07 Å². The summed E-state index contributed by atoms with van der Waals surface area (Å²) in [5.74, 6) is -0.0762. The lowest BCUT2D eigenvalue weighted by Crippen LogP contribution is -2.31. The van der Waals surface area contributed by atoms with E-state index in [-0.39, 0.29) is 5.91 Å².